The lowest BCUT2D eigenvalue weighted by Gasteiger charge is -2.12. The Kier molecular flexibility index (Phi) is 3.71. The normalized spacial score (nSPS) is 12.9. The SMILES string of the molecule is Cc1ncc(CNC(CO)c2ccco2)s1. The standard InChI is InChI=1S/C11H14N2O2S/c1-8-12-5-9(16-8)6-13-10(7-14)11-3-2-4-15-11/h2-5,10,13-14H,6-7H2,1H3. The molecule has 2 rings (SSSR count). The van der Waals surface area contributed by atoms with E-state index in [1.807, 2.05) is 25.3 Å². The predicted molar refractivity (Wildman–Crippen MR) is 62.2 cm³/mol. The van der Waals surface area contributed by atoms with Crippen molar-refractivity contribution < 1.29 is 9.52 Å². The number of aliphatic hydroxyl groups excluding tert-OH is 1. The monoisotopic (exact) mass is 238 g/mol. The highest BCUT2D eigenvalue weighted by molar-refractivity contribution is 7.11. The van der Waals surface area contributed by atoms with Gasteiger partial charge in [-0.05, 0) is 19.1 Å². The lowest BCUT2D eigenvalue weighted by atomic mass is 10.2. The van der Waals surface area contributed by atoms with Crippen LogP contribution in [0.15, 0.2) is 29.0 Å². The van der Waals surface area contributed by atoms with Crippen molar-refractivity contribution in [3.8, 4) is 0 Å². The summed E-state index contributed by atoms with van der Waals surface area (Å²) >= 11 is 1.65. The molecule has 0 amide bonds. The molecular formula is C11H14N2O2S. The summed E-state index contributed by atoms with van der Waals surface area (Å²) in [6.07, 6.45) is 3.46. The highest BCUT2D eigenvalue weighted by atomic mass is 32.1. The van der Waals surface area contributed by atoms with Crippen molar-refractivity contribution in [1.82, 2.24) is 10.3 Å². The molecule has 0 aromatic carbocycles. The lowest BCUT2D eigenvalue weighted by molar-refractivity contribution is 0.226. The molecule has 2 heterocycles. The third-order valence-corrected chi connectivity index (χ3v) is 3.17. The van der Waals surface area contributed by atoms with Crippen LogP contribution in [0.1, 0.15) is 21.7 Å². The van der Waals surface area contributed by atoms with Crippen LogP contribution in [-0.2, 0) is 6.54 Å². The number of thiazole rings is 1. The molecule has 5 heteroatoms. The van der Waals surface area contributed by atoms with E-state index in [0.717, 1.165) is 15.6 Å². The number of nitrogens with one attached hydrogen (secondary N) is 1. The fourth-order valence-electron chi connectivity index (χ4n) is 1.46. The Labute approximate surface area is 97.9 Å². The van der Waals surface area contributed by atoms with Crippen LogP contribution in [0.3, 0.4) is 0 Å². The first-order valence-electron chi connectivity index (χ1n) is 5.08. The Hall–Kier alpha value is -1.17. The largest absolute Gasteiger partial charge is 0.468 e. The van der Waals surface area contributed by atoms with Crippen LogP contribution < -0.4 is 5.32 Å². The average molecular weight is 238 g/mol. The van der Waals surface area contributed by atoms with Gasteiger partial charge in [0.15, 0.2) is 0 Å². The van der Waals surface area contributed by atoms with Gasteiger partial charge in [-0.2, -0.15) is 0 Å². The summed E-state index contributed by atoms with van der Waals surface area (Å²) in [6.45, 7) is 2.69. The van der Waals surface area contributed by atoms with Gasteiger partial charge in [-0.1, -0.05) is 0 Å². The smallest absolute Gasteiger partial charge is 0.123 e. The highest BCUT2D eigenvalue weighted by Crippen LogP contribution is 2.16. The van der Waals surface area contributed by atoms with Gasteiger partial charge >= 0.3 is 0 Å². The molecule has 0 saturated heterocycles. The van der Waals surface area contributed by atoms with Crippen molar-refractivity contribution in [2.45, 2.75) is 19.5 Å². The first kappa shape index (κ1) is 11.3. The molecule has 1 unspecified atom stereocenters. The number of hydrogen-bond acceptors (Lipinski definition) is 5. The first-order chi connectivity index (χ1) is 7.79. The molecule has 0 aliphatic heterocycles. The highest BCUT2D eigenvalue weighted by Gasteiger charge is 2.12. The number of aliphatic hydroxyl groups is 1. The number of hydrogen-bond donors (Lipinski definition) is 2. The van der Waals surface area contributed by atoms with E-state index in [1.165, 1.54) is 0 Å². The fraction of sp³-hybridized carbons (Fsp3) is 0.364. The van der Waals surface area contributed by atoms with Crippen LogP contribution in [0.2, 0.25) is 0 Å². The zero-order valence-corrected chi connectivity index (χ0v) is 9.83. The van der Waals surface area contributed by atoms with E-state index in [9.17, 15) is 5.11 Å². The Bertz CT molecular complexity index is 425. The van der Waals surface area contributed by atoms with Crippen molar-refractivity contribution >= 4 is 11.3 Å². The third-order valence-electron chi connectivity index (χ3n) is 2.26. The molecule has 0 spiro atoms. The molecule has 2 aromatic rings. The summed E-state index contributed by atoms with van der Waals surface area (Å²) < 4.78 is 5.25. The first-order valence-corrected chi connectivity index (χ1v) is 5.90. The van der Waals surface area contributed by atoms with Gasteiger partial charge in [0.1, 0.15) is 5.76 Å². The fourth-order valence-corrected chi connectivity index (χ4v) is 2.20. The van der Waals surface area contributed by atoms with Gasteiger partial charge in [-0.3, -0.25) is 0 Å². The molecule has 0 bridgehead atoms. The van der Waals surface area contributed by atoms with Crippen LogP contribution in [0.25, 0.3) is 0 Å². The molecule has 16 heavy (non-hydrogen) atoms. The maximum absolute atomic E-state index is 9.25. The van der Waals surface area contributed by atoms with Crippen LogP contribution in [0.4, 0.5) is 0 Å². The number of aryl methyl sites for hydroxylation is 1. The van der Waals surface area contributed by atoms with E-state index in [0.29, 0.717) is 6.54 Å². The summed E-state index contributed by atoms with van der Waals surface area (Å²) in [5, 5.41) is 13.5. The molecule has 0 radical (unpaired) electrons. The second-order valence-corrected chi connectivity index (χ2v) is 4.80. The molecule has 1 atom stereocenters. The minimum Gasteiger partial charge on any atom is -0.468 e. The van der Waals surface area contributed by atoms with Crippen molar-refractivity contribution in [1.29, 1.82) is 0 Å². The minimum absolute atomic E-state index is 0.0191. The molecule has 0 aliphatic carbocycles. The molecule has 0 fully saturated rings. The van der Waals surface area contributed by atoms with Crippen LogP contribution in [0, 0.1) is 6.92 Å². The second-order valence-electron chi connectivity index (χ2n) is 3.48. The number of nitrogens with zero attached hydrogens (tertiary/aromatic N) is 1. The van der Waals surface area contributed by atoms with Crippen molar-refractivity contribution in [2.24, 2.45) is 0 Å². The topological polar surface area (TPSA) is 58.3 Å². The number of rotatable bonds is 5. The Morgan fingerprint density at radius 2 is 2.50 bits per heavy atom. The molecule has 0 aliphatic rings. The van der Waals surface area contributed by atoms with Gasteiger partial charge in [0, 0.05) is 17.6 Å². The van der Waals surface area contributed by atoms with Gasteiger partial charge in [0.25, 0.3) is 0 Å². The van der Waals surface area contributed by atoms with Gasteiger partial charge in [-0.25, -0.2) is 4.98 Å². The quantitative estimate of drug-likeness (QED) is 0.835. The van der Waals surface area contributed by atoms with Crippen LogP contribution in [0.5, 0.6) is 0 Å². The van der Waals surface area contributed by atoms with Crippen molar-refractivity contribution in [3.05, 3.63) is 40.2 Å². The summed E-state index contributed by atoms with van der Waals surface area (Å²) in [4.78, 5) is 5.33. The summed E-state index contributed by atoms with van der Waals surface area (Å²) in [5.74, 6) is 0.753. The summed E-state index contributed by atoms with van der Waals surface area (Å²) in [7, 11) is 0. The van der Waals surface area contributed by atoms with E-state index in [-0.39, 0.29) is 12.6 Å². The molecular weight excluding hydrogens is 224 g/mol. The second kappa shape index (κ2) is 5.25. The molecule has 86 valence electrons. The zero-order chi connectivity index (χ0) is 11.4. The molecule has 2 N–H and O–H groups in total. The number of aromatic nitrogens is 1. The minimum atomic E-state index is -0.155. The van der Waals surface area contributed by atoms with E-state index >= 15 is 0 Å². The van der Waals surface area contributed by atoms with Gasteiger partial charge in [0.05, 0.1) is 23.9 Å². The van der Waals surface area contributed by atoms with Gasteiger partial charge < -0.3 is 14.8 Å². The Morgan fingerprint density at radius 3 is 3.06 bits per heavy atom. The summed E-state index contributed by atoms with van der Waals surface area (Å²) in [6, 6.07) is 3.51. The van der Waals surface area contributed by atoms with Gasteiger partial charge in [-0.15, -0.1) is 11.3 Å². The zero-order valence-electron chi connectivity index (χ0n) is 9.01. The van der Waals surface area contributed by atoms with E-state index in [2.05, 4.69) is 10.3 Å². The van der Waals surface area contributed by atoms with Gasteiger partial charge in [0.2, 0.25) is 0 Å². The lowest BCUT2D eigenvalue weighted by Crippen LogP contribution is -2.23. The maximum atomic E-state index is 9.25. The van der Waals surface area contributed by atoms with Crippen LogP contribution >= 0.6 is 11.3 Å². The Balaban J connectivity index is 1.93. The molecule has 2 aromatic heterocycles. The van der Waals surface area contributed by atoms with E-state index in [1.54, 1.807) is 17.6 Å². The van der Waals surface area contributed by atoms with Crippen LogP contribution in [-0.4, -0.2) is 16.7 Å². The van der Waals surface area contributed by atoms with E-state index < -0.39 is 0 Å². The Morgan fingerprint density at radius 1 is 1.62 bits per heavy atom. The predicted octanol–water partition coefficient (Wildman–Crippen LogP) is 1.87. The summed E-state index contributed by atoms with van der Waals surface area (Å²) in [5.41, 5.74) is 0. The average Bonchev–Trinajstić information content (AvgIpc) is 2.91. The van der Waals surface area contributed by atoms with Crippen molar-refractivity contribution in [2.75, 3.05) is 6.61 Å². The maximum Gasteiger partial charge on any atom is 0.123 e. The molecule has 0 saturated carbocycles. The molecule has 4 nitrogen and oxygen atoms in total. The number of furan rings is 1. The van der Waals surface area contributed by atoms with Crippen molar-refractivity contribution in [3.63, 3.8) is 0 Å². The third kappa shape index (κ3) is 2.69. The van der Waals surface area contributed by atoms with E-state index in [4.69, 9.17) is 4.42 Å².